The van der Waals surface area contributed by atoms with Crippen LogP contribution in [0.4, 0.5) is 0 Å². The van der Waals surface area contributed by atoms with Gasteiger partial charge in [0.25, 0.3) is 0 Å². The van der Waals surface area contributed by atoms with E-state index in [-0.39, 0.29) is 0 Å². The molecule has 0 aliphatic heterocycles. The molecule has 0 spiro atoms. The smallest absolute Gasteiger partial charge is 0.179 e. The van der Waals surface area contributed by atoms with E-state index in [1.807, 2.05) is 78.9 Å². The van der Waals surface area contributed by atoms with Crippen LogP contribution in [0.5, 0.6) is 0 Å². The zero-order valence-electron chi connectivity index (χ0n) is 36.6. The van der Waals surface area contributed by atoms with Crippen LogP contribution in [0, 0.1) is 0 Å². The highest BCUT2D eigenvalue weighted by Gasteiger charge is 2.21. The van der Waals surface area contributed by atoms with Crippen LogP contribution in [0.1, 0.15) is 0 Å². The molecule has 13 rings (SSSR count). The molecule has 5 heterocycles. The van der Waals surface area contributed by atoms with Crippen LogP contribution in [0.25, 0.3) is 123 Å². The Bertz CT molecular complexity index is 3700. The van der Waals surface area contributed by atoms with Gasteiger partial charge in [0.05, 0.1) is 44.8 Å². The lowest BCUT2D eigenvalue weighted by Gasteiger charge is -2.14. The Hall–Kier alpha value is -9.33. The van der Waals surface area contributed by atoms with E-state index in [1.54, 1.807) is 0 Å². The van der Waals surface area contributed by atoms with Gasteiger partial charge in [-0.3, -0.25) is 4.57 Å². The standard InChI is InChI=1S/C61H39N7/c1-5-19-40(20-6-1)50-38-51(41-21-7-2-8-22-41)64-60(63-50)44-35-54(61-65-52(42-23-9-3-10-24-42)39-53(66-61)43-25-11-4-12-26-43)62-59(36-44)68-57-32-18-15-29-48(57)49-37-45(33-34-58(49)68)67-55-30-16-13-27-46(55)47-28-14-17-31-56(47)67/h1-39H. The molecule has 0 saturated carbocycles. The molecule has 0 unspecified atom stereocenters. The first-order chi connectivity index (χ1) is 33.7. The largest absolute Gasteiger partial charge is 0.309 e. The second-order valence-electron chi connectivity index (χ2n) is 16.9. The molecule has 0 amide bonds. The molecule has 8 aromatic carbocycles. The maximum Gasteiger partial charge on any atom is 0.179 e. The SMILES string of the molecule is c1ccc(-c2cc(-c3ccccc3)nc(-c3cc(-c4nc(-c5ccccc5)cc(-c5ccccc5)n4)nc(-n4c5ccccc5c5cc(-n6c7ccccc7c7ccccc76)ccc54)c3)n2)cc1. The highest BCUT2D eigenvalue weighted by Crippen LogP contribution is 2.39. The fourth-order valence-corrected chi connectivity index (χ4v) is 9.59. The third-order valence-electron chi connectivity index (χ3n) is 12.8. The van der Waals surface area contributed by atoms with Gasteiger partial charge in [-0.2, -0.15) is 0 Å². The number of pyridine rings is 1. The van der Waals surface area contributed by atoms with E-state index in [9.17, 15) is 0 Å². The zero-order chi connectivity index (χ0) is 45.0. The van der Waals surface area contributed by atoms with Crippen molar-refractivity contribution in [3.63, 3.8) is 0 Å². The highest BCUT2D eigenvalue weighted by molar-refractivity contribution is 6.12. The lowest BCUT2D eigenvalue weighted by molar-refractivity contribution is 1.06. The second kappa shape index (κ2) is 16.3. The fourth-order valence-electron chi connectivity index (χ4n) is 9.59. The van der Waals surface area contributed by atoms with Crippen molar-refractivity contribution in [2.75, 3.05) is 0 Å². The normalized spacial score (nSPS) is 11.5. The Morgan fingerprint density at radius 1 is 0.235 bits per heavy atom. The van der Waals surface area contributed by atoms with Crippen molar-refractivity contribution >= 4 is 43.6 Å². The van der Waals surface area contributed by atoms with Crippen LogP contribution in [-0.2, 0) is 0 Å². The Morgan fingerprint density at radius 3 is 1.09 bits per heavy atom. The molecule has 0 saturated heterocycles. The third-order valence-corrected chi connectivity index (χ3v) is 12.8. The van der Waals surface area contributed by atoms with Crippen LogP contribution < -0.4 is 0 Å². The molecule has 318 valence electrons. The van der Waals surface area contributed by atoms with Crippen molar-refractivity contribution in [3.8, 4) is 79.4 Å². The highest BCUT2D eigenvalue weighted by atomic mass is 15.1. The summed E-state index contributed by atoms with van der Waals surface area (Å²) < 4.78 is 4.63. The van der Waals surface area contributed by atoms with Gasteiger partial charge in [-0.15, -0.1) is 0 Å². The van der Waals surface area contributed by atoms with Gasteiger partial charge in [0.15, 0.2) is 11.6 Å². The average Bonchev–Trinajstić information content (AvgIpc) is 3.94. The predicted molar refractivity (Wildman–Crippen MR) is 277 cm³/mol. The van der Waals surface area contributed by atoms with Gasteiger partial charge in [-0.05, 0) is 60.7 Å². The van der Waals surface area contributed by atoms with E-state index in [1.165, 1.54) is 10.8 Å². The topological polar surface area (TPSA) is 74.3 Å². The van der Waals surface area contributed by atoms with E-state index in [2.05, 4.69) is 167 Å². The molecule has 13 aromatic rings. The summed E-state index contributed by atoms with van der Waals surface area (Å²) in [7, 11) is 0. The third kappa shape index (κ3) is 6.80. The van der Waals surface area contributed by atoms with Crippen molar-refractivity contribution in [1.82, 2.24) is 34.1 Å². The number of para-hydroxylation sites is 3. The Labute approximate surface area is 392 Å². The van der Waals surface area contributed by atoms with Gasteiger partial charge in [-0.25, -0.2) is 24.9 Å². The molecule has 0 aliphatic rings. The van der Waals surface area contributed by atoms with E-state index in [4.69, 9.17) is 24.9 Å². The summed E-state index contributed by atoms with van der Waals surface area (Å²) in [6.45, 7) is 0. The number of hydrogen-bond donors (Lipinski definition) is 0. The molecular formula is C61H39N7. The molecule has 7 heteroatoms. The summed E-state index contributed by atoms with van der Waals surface area (Å²) in [5.41, 5.74) is 14.0. The summed E-state index contributed by atoms with van der Waals surface area (Å²) >= 11 is 0. The minimum absolute atomic E-state index is 0.491. The maximum atomic E-state index is 5.53. The Morgan fingerprint density at radius 2 is 0.618 bits per heavy atom. The summed E-state index contributed by atoms with van der Waals surface area (Å²) in [6.07, 6.45) is 0. The van der Waals surface area contributed by atoms with Crippen LogP contribution in [-0.4, -0.2) is 34.1 Å². The summed E-state index contributed by atoms with van der Waals surface area (Å²) in [6, 6.07) is 81.9. The second-order valence-corrected chi connectivity index (χ2v) is 16.9. The molecule has 0 radical (unpaired) electrons. The van der Waals surface area contributed by atoms with Gasteiger partial charge in [-0.1, -0.05) is 176 Å². The van der Waals surface area contributed by atoms with Crippen molar-refractivity contribution in [2.45, 2.75) is 0 Å². The Kier molecular flexibility index (Phi) is 9.35. The molecule has 0 fully saturated rings. The maximum absolute atomic E-state index is 5.53. The van der Waals surface area contributed by atoms with Crippen molar-refractivity contribution < 1.29 is 0 Å². The van der Waals surface area contributed by atoms with Gasteiger partial charge in [0, 0.05) is 55.0 Å². The summed E-state index contributed by atoms with van der Waals surface area (Å²) in [4.78, 5) is 26.7. The molecular weight excluding hydrogens is 831 g/mol. The predicted octanol–water partition coefficient (Wildman–Crippen LogP) is 14.9. The van der Waals surface area contributed by atoms with Crippen LogP contribution in [0.3, 0.4) is 0 Å². The summed E-state index contributed by atoms with van der Waals surface area (Å²) in [5, 5.41) is 4.67. The summed E-state index contributed by atoms with van der Waals surface area (Å²) in [5.74, 6) is 1.75. The van der Waals surface area contributed by atoms with Crippen LogP contribution in [0.15, 0.2) is 237 Å². The molecule has 5 aromatic heterocycles. The van der Waals surface area contributed by atoms with Gasteiger partial charge in [0.2, 0.25) is 0 Å². The fraction of sp³-hybridized carbons (Fsp3) is 0. The van der Waals surface area contributed by atoms with Crippen molar-refractivity contribution in [1.29, 1.82) is 0 Å². The van der Waals surface area contributed by atoms with Gasteiger partial charge < -0.3 is 4.57 Å². The van der Waals surface area contributed by atoms with E-state index >= 15 is 0 Å². The first kappa shape index (κ1) is 39.1. The monoisotopic (exact) mass is 869 g/mol. The molecule has 0 N–H and O–H groups in total. The van der Waals surface area contributed by atoms with E-state index < -0.39 is 0 Å². The number of benzene rings is 8. The van der Waals surface area contributed by atoms with Crippen LogP contribution >= 0.6 is 0 Å². The number of rotatable bonds is 8. The van der Waals surface area contributed by atoms with Gasteiger partial charge in [0.1, 0.15) is 11.5 Å². The van der Waals surface area contributed by atoms with Crippen LogP contribution in [0.2, 0.25) is 0 Å². The number of nitrogens with zero attached hydrogens (tertiary/aromatic N) is 7. The minimum Gasteiger partial charge on any atom is -0.309 e. The Balaban J connectivity index is 1.08. The molecule has 0 aliphatic carbocycles. The number of aromatic nitrogens is 7. The first-order valence-corrected chi connectivity index (χ1v) is 22.7. The first-order valence-electron chi connectivity index (χ1n) is 22.7. The van der Waals surface area contributed by atoms with Gasteiger partial charge >= 0.3 is 0 Å². The lowest BCUT2D eigenvalue weighted by atomic mass is 10.1. The molecule has 68 heavy (non-hydrogen) atoms. The quantitative estimate of drug-likeness (QED) is 0.152. The lowest BCUT2D eigenvalue weighted by Crippen LogP contribution is -2.04. The minimum atomic E-state index is 0.491. The number of fused-ring (bicyclic) bond motifs is 6. The van der Waals surface area contributed by atoms with E-state index in [0.29, 0.717) is 23.2 Å². The van der Waals surface area contributed by atoms with Crippen molar-refractivity contribution in [3.05, 3.63) is 237 Å². The molecule has 0 atom stereocenters. The average molecular weight is 870 g/mol. The molecule has 0 bridgehead atoms. The number of hydrogen-bond acceptors (Lipinski definition) is 5. The van der Waals surface area contributed by atoms with E-state index in [0.717, 1.165) is 89.1 Å². The van der Waals surface area contributed by atoms with Crippen molar-refractivity contribution in [2.24, 2.45) is 0 Å². The molecule has 7 nitrogen and oxygen atoms in total. The zero-order valence-corrected chi connectivity index (χ0v) is 36.6.